The summed E-state index contributed by atoms with van der Waals surface area (Å²) in [5.41, 5.74) is 0.504. The quantitative estimate of drug-likeness (QED) is 0.438. The molecular weight excluding hydrogens is 310 g/mol. The fraction of sp³-hybridized carbons (Fsp3) is 0.125. The first kappa shape index (κ1) is 10.3. The Morgan fingerprint density at radius 2 is 2.00 bits per heavy atom. The summed E-state index contributed by atoms with van der Waals surface area (Å²) in [4.78, 5) is 11.1. The van der Waals surface area contributed by atoms with Crippen LogP contribution < -0.4 is 0 Å². The third-order valence-corrected chi connectivity index (χ3v) is 3.10. The molecule has 0 heterocycles. The van der Waals surface area contributed by atoms with Crippen LogP contribution in [-0.4, -0.2) is 5.78 Å². The first-order valence-electron chi connectivity index (χ1n) is 3.18. The van der Waals surface area contributed by atoms with E-state index in [1.54, 1.807) is 12.1 Å². The summed E-state index contributed by atoms with van der Waals surface area (Å²) in [6, 6.07) is 3.45. The minimum Gasteiger partial charge on any atom is -0.294 e. The van der Waals surface area contributed by atoms with Crippen LogP contribution in [0.5, 0.6) is 0 Å². The largest absolute Gasteiger partial charge is 0.294 e. The van der Waals surface area contributed by atoms with Crippen molar-refractivity contribution in [3.05, 3.63) is 31.3 Å². The van der Waals surface area contributed by atoms with Crippen LogP contribution in [0.3, 0.4) is 0 Å². The van der Waals surface area contributed by atoms with Gasteiger partial charge in [0.15, 0.2) is 5.78 Å². The number of Topliss-reactive ketones (excluding diaryl/α,β-unsaturated/α-hetero) is 1. The molecule has 12 heavy (non-hydrogen) atoms. The lowest BCUT2D eigenvalue weighted by atomic mass is 10.1. The Hall–Kier alpha value is 0.200. The topological polar surface area (TPSA) is 17.1 Å². The van der Waals surface area contributed by atoms with Crippen molar-refractivity contribution in [2.75, 3.05) is 0 Å². The average Bonchev–Trinajstić information content (AvgIpc) is 1.97. The Labute approximate surface area is 94.2 Å². The minimum absolute atomic E-state index is 0.0631. The lowest BCUT2D eigenvalue weighted by Crippen LogP contribution is -1.97. The van der Waals surface area contributed by atoms with E-state index >= 15 is 0 Å². The maximum absolute atomic E-state index is 11.1. The maximum atomic E-state index is 11.1. The van der Waals surface area contributed by atoms with Gasteiger partial charge in [-0.3, -0.25) is 4.79 Å². The van der Waals surface area contributed by atoms with E-state index in [2.05, 4.69) is 22.6 Å². The van der Waals surface area contributed by atoms with Crippen LogP contribution in [0, 0.1) is 3.57 Å². The zero-order valence-electron chi connectivity index (χ0n) is 6.20. The van der Waals surface area contributed by atoms with Crippen LogP contribution in [-0.2, 0) is 0 Å². The molecule has 0 saturated heterocycles. The smallest absolute Gasteiger partial charge is 0.162 e. The van der Waals surface area contributed by atoms with Gasteiger partial charge in [0.1, 0.15) is 0 Å². The summed E-state index contributed by atoms with van der Waals surface area (Å²) < 4.78 is 0.828. The van der Waals surface area contributed by atoms with E-state index in [0.717, 1.165) is 3.57 Å². The first-order chi connectivity index (χ1) is 5.54. The average molecular weight is 315 g/mol. The molecule has 0 aliphatic heterocycles. The molecule has 0 aliphatic carbocycles. The van der Waals surface area contributed by atoms with E-state index < -0.39 is 0 Å². The minimum atomic E-state index is -0.0631. The molecule has 0 saturated carbocycles. The van der Waals surface area contributed by atoms with Crippen molar-refractivity contribution in [1.82, 2.24) is 0 Å². The molecule has 0 bridgehead atoms. The first-order valence-corrected chi connectivity index (χ1v) is 5.02. The number of rotatable bonds is 1. The fourth-order valence-corrected chi connectivity index (χ4v) is 2.29. The molecule has 0 spiro atoms. The Balaban J connectivity index is 3.43. The van der Waals surface area contributed by atoms with Gasteiger partial charge in [-0.1, -0.05) is 23.2 Å². The van der Waals surface area contributed by atoms with E-state index in [1.165, 1.54) is 6.92 Å². The molecule has 0 N–H and O–H groups in total. The van der Waals surface area contributed by atoms with Gasteiger partial charge in [-0.2, -0.15) is 0 Å². The fourth-order valence-electron chi connectivity index (χ4n) is 0.850. The number of hydrogen-bond donors (Lipinski definition) is 0. The molecule has 0 fully saturated rings. The highest BCUT2D eigenvalue weighted by Crippen LogP contribution is 2.29. The van der Waals surface area contributed by atoms with Crippen molar-refractivity contribution in [3.63, 3.8) is 0 Å². The van der Waals surface area contributed by atoms with E-state index in [1.807, 2.05) is 0 Å². The molecule has 4 heteroatoms. The van der Waals surface area contributed by atoms with Gasteiger partial charge in [0.2, 0.25) is 0 Å². The van der Waals surface area contributed by atoms with Crippen molar-refractivity contribution < 1.29 is 4.79 Å². The molecule has 0 aliphatic rings. The Bertz CT molecular complexity index is 336. The second-order valence-electron chi connectivity index (χ2n) is 2.27. The molecule has 0 amide bonds. The van der Waals surface area contributed by atoms with Gasteiger partial charge < -0.3 is 0 Å². The lowest BCUT2D eigenvalue weighted by molar-refractivity contribution is 0.101. The number of benzene rings is 1. The Kier molecular flexibility index (Phi) is 3.37. The third-order valence-electron chi connectivity index (χ3n) is 1.40. The van der Waals surface area contributed by atoms with Gasteiger partial charge in [-0.25, -0.2) is 0 Å². The molecule has 1 aromatic carbocycles. The molecular formula is C8H5Cl2IO. The van der Waals surface area contributed by atoms with Crippen LogP contribution in [0.25, 0.3) is 0 Å². The van der Waals surface area contributed by atoms with Crippen molar-refractivity contribution >= 4 is 51.6 Å². The third kappa shape index (κ3) is 1.92. The molecule has 0 radical (unpaired) electrons. The second-order valence-corrected chi connectivity index (χ2v) is 4.22. The molecule has 64 valence electrons. The maximum Gasteiger partial charge on any atom is 0.162 e. The number of carbonyl (C=O) groups is 1. The van der Waals surface area contributed by atoms with Gasteiger partial charge in [0.05, 0.1) is 15.6 Å². The summed E-state index contributed by atoms with van der Waals surface area (Å²) in [6.07, 6.45) is 0. The summed E-state index contributed by atoms with van der Waals surface area (Å²) in [6.45, 7) is 1.47. The number of hydrogen-bond acceptors (Lipinski definition) is 1. The van der Waals surface area contributed by atoms with Gasteiger partial charge >= 0.3 is 0 Å². The van der Waals surface area contributed by atoms with Crippen LogP contribution >= 0.6 is 45.8 Å². The molecule has 1 nitrogen and oxygen atoms in total. The van der Waals surface area contributed by atoms with Gasteiger partial charge in [0, 0.05) is 3.57 Å². The van der Waals surface area contributed by atoms with Crippen LogP contribution in [0.1, 0.15) is 17.3 Å². The predicted octanol–water partition coefficient (Wildman–Crippen LogP) is 3.80. The van der Waals surface area contributed by atoms with Gasteiger partial charge in [-0.15, -0.1) is 0 Å². The highest BCUT2D eigenvalue weighted by atomic mass is 127. The van der Waals surface area contributed by atoms with Crippen molar-refractivity contribution in [1.29, 1.82) is 0 Å². The number of ketones is 1. The monoisotopic (exact) mass is 314 g/mol. The zero-order chi connectivity index (χ0) is 9.30. The number of halogens is 3. The highest BCUT2D eigenvalue weighted by Gasteiger charge is 2.12. The summed E-state index contributed by atoms with van der Waals surface area (Å²) in [7, 11) is 0. The highest BCUT2D eigenvalue weighted by molar-refractivity contribution is 14.1. The van der Waals surface area contributed by atoms with E-state index in [9.17, 15) is 4.79 Å². The SMILES string of the molecule is CC(=O)c1c(I)ccc(Cl)c1Cl. The molecule has 0 atom stereocenters. The zero-order valence-corrected chi connectivity index (χ0v) is 9.87. The van der Waals surface area contributed by atoms with E-state index in [0.29, 0.717) is 15.6 Å². The summed E-state index contributed by atoms with van der Waals surface area (Å²) in [5, 5.41) is 0.762. The van der Waals surface area contributed by atoms with Crippen LogP contribution in [0.4, 0.5) is 0 Å². The lowest BCUT2D eigenvalue weighted by Gasteiger charge is -2.03. The van der Waals surface area contributed by atoms with Crippen molar-refractivity contribution in [2.24, 2.45) is 0 Å². The molecule has 1 rings (SSSR count). The van der Waals surface area contributed by atoms with Crippen LogP contribution in [0.15, 0.2) is 12.1 Å². The summed E-state index contributed by atoms with van der Waals surface area (Å²) in [5.74, 6) is -0.0631. The van der Waals surface area contributed by atoms with Gasteiger partial charge in [-0.05, 0) is 41.6 Å². The standard InChI is InChI=1S/C8H5Cl2IO/c1-4(12)7-6(11)3-2-5(9)8(7)10/h2-3H,1H3. The Morgan fingerprint density at radius 3 is 2.42 bits per heavy atom. The number of carbonyl (C=O) groups excluding carboxylic acids is 1. The Morgan fingerprint density at radius 1 is 1.42 bits per heavy atom. The second kappa shape index (κ2) is 3.94. The van der Waals surface area contributed by atoms with Crippen molar-refractivity contribution in [3.8, 4) is 0 Å². The van der Waals surface area contributed by atoms with E-state index in [4.69, 9.17) is 23.2 Å². The molecule has 1 aromatic rings. The summed E-state index contributed by atoms with van der Waals surface area (Å²) >= 11 is 13.6. The molecule has 0 aromatic heterocycles. The van der Waals surface area contributed by atoms with E-state index in [-0.39, 0.29) is 5.78 Å². The normalized spacial score (nSPS) is 10.0. The van der Waals surface area contributed by atoms with Crippen LogP contribution in [0.2, 0.25) is 10.0 Å². The molecule has 0 unspecified atom stereocenters. The van der Waals surface area contributed by atoms with Gasteiger partial charge in [0.25, 0.3) is 0 Å². The van der Waals surface area contributed by atoms with Crippen molar-refractivity contribution in [2.45, 2.75) is 6.92 Å². The predicted molar refractivity (Wildman–Crippen MR) is 59.2 cm³/mol.